The Morgan fingerprint density at radius 3 is 3.00 bits per heavy atom. The second-order valence-electron chi connectivity index (χ2n) is 3.27. The first-order valence-electron chi connectivity index (χ1n) is 4.81. The molecule has 1 atom stereocenters. The second kappa shape index (κ2) is 5.67. The average Bonchev–Trinajstić information content (AvgIpc) is 2.19. The molecule has 0 aliphatic carbocycles. The van der Waals surface area contributed by atoms with E-state index in [1.165, 1.54) is 0 Å². The molecule has 2 N–H and O–H groups in total. The number of hydrogen-bond acceptors (Lipinski definition) is 4. The van der Waals surface area contributed by atoms with E-state index in [0.29, 0.717) is 12.4 Å². The smallest absolute Gasteiger partial charge is 0.154 e. The van der Waals surface area contributed by atoms with E-state index in [-0.39, 0.29) is 6.04 Å². The predicted molar refractivity (Wildman–Crippen MR) is 54.7 cm³/mol. The molecule has 1 aromatic rings. The Kier molecular flexibility index (Phi) is 4.49. The van der Waals surface area contributed by atoms with Crippen LogP contribution in [-0.4, -0.2) is 23.1 Å². The van der Waals surface area contributed by atoms with Gasteiger partial charge in [0.15, 0.2) is 5.82 Å². The normalized spacial score (nSPS) is 12.8. The van der Waals surface area contributed by atoms with Crippen molar-refractivity contribution in [2.45, 2.75) is 32.4 Å². The maximum atomic E-state index is 5.84. The standard InChI is InChI=1S/C10H17N3O/c1-3-8(11)6-9-4-5-12-10(13-9)7-14-2/h4-5,8H,3,6-7,11H2,1-2H3. The number of nitrogens with two attached hydrogens (primary N) is 1. The predicted octanol–water partition coefficient (Wildman–Crippen LogP) is 0.903. The molecule has 0 aliphatic heterocycles. The van der Waals surface area contributed by atoms with E-state index >= 15 is 0 Å². The summed E-state index contributed by atoms with van der Waals surface area (Å²) in [5.41, 5.74) is 6.82. The second-order valence-corrected chi connectivity index (χ2v) is 3.27. The number of methoxy groups -OCH3 is 1. The van der Waals surface area contributed by atoms with Gasteiger partial charge >= 0.3 is 0 Å². The molecule has 0 aliphatic rings. The Hall–Kier alpha value is -1.00. The maximum absolute atomic E-state index is 5.84. The number of hydrogen-bond donors (Lipinski definition) is 1. The summed E-state index contributed by atoms with van der Waals surface area (Å²) < 4.78 is 4.96. The summed E-state index contributed by atoms with van der Waals surface area (Å²) in [6, 6.07) is 2.08. The molecule has 0 amide bonds. The van der Waals surface area contributed by atoms with Crippen molar-refractivity contribution in [2.24, 2.45) is 5.73 Å². The monoisotopic (exact) mass is 195 g/mol. The van der Waals surface area contributed by atoms with Crippen molar-refractivity contribution < 1.29 is 4.74 Å². The molecule has 0 fully saturated rings. The molecule has 1 rings (SSSR count). The van der Waals surface area contributed by atoms with Crippen LogP contribution in [0, 0.1) is 0 Å². The van der Waals surface area contributed by atoms with Gasteiger partial charge < -0.3 is 10.5 Å². The van der Waals surface area contributed by atoms with E-state index in [9.17, 15) is 0 Å². The number of nitrogens with zero attached hydrogens (tertiary/aromatic N) is 2. The lowest BCUT2D eigenvalue weighted by Crippen LogP contribution is -2.22. The van der Waals surface area contributed by atoms with Crippen molar-refractivity contribution in [2.75, 3.05) is 7.11 Å². The lowest BCUT2D eigenvalue weighted by atomic mass is 10.1. The summed E-state index contributed by atoms with van der Waals surface area (Å²) in [7, 11) is 1.63. The first kappa shape index (κ1) is 11.1. The topological polar surface area (TPSA) is 61.0 Å². The largest absolute Gasteiger partial charge is 0.377 e. The van der Waals surface area contributed by atoms with Gasteiger partial charge in [0.05, 0.1) is 0 Å². The zero-order valence-electron chi connectivity index (χ0n) is 8.73. The molecule has 4 nitrogen and oxygen atoms in total. The Morgan fingerprint density at radius 2 is 2.36 bits per heavy atom. The Morgan fingerprint density at radius 1 is 1.57 bits per heavy atom. The zero-order valence-corrected chi connectivity index (χ0v) is 8.73. The summed E-state index contributed by atoms with van der Waals surface area (Å²) in [4.78, 5) is 8.42. The fraction of sp³-hybridized carbons (Fsp3) is 0.600. The van der Waals surface area contributed by atoms with Crippen LogP contribution in [0.5, 0.6) is 0 Å². The van der Waals surface area contributed by atoms with Gasteiger partial charge in [0.2, 0.25) is 0 Å². The SMILES string of the molecule is CCC(N)Cc1ccnc(COC)n1. The van der Waals surface area contributed by atoms with Crippen LogP contribution in [0.2, 0.25) is 0 Å². The van der Waals surface area contributed by atoms with Crippen LogP contribution in [0.3, 0.4) is 0 Å². The molecule has 4 heteroatoms. The molecular weight excluding hydrogens is 178 g/mol. The number of rotatable bonds is 5. The molecule has 1 heterocycles. The summed E-state index contributed by atoms with van der Waals surface area (Å²) in [5.74, 6) is 0.716. The van der Waals surface area contributed by atoms with Crippen LogP contribution >= 0.6 is 0 Å². The molecule has 0 saturated carbocycles. The van der Waals surface area contributed by atoms with E-state index in [0.717, 1.165) is 18.5 Å². The summed E-state index contributed by atoms with van der Waals surface area (Å²) in [6.07, 6.45) is 3.51. The van der Waals surface area contributed by atoms with Crippen molar-refractivity contribution >= 4 is 0 Å². The van der Waals surface area contributed by atoms with Gasteiger partial charge in [0.25, 0.3) is 0 Å². The Labute approximate surface area is 84.5 Å². The van der Waals surface area contributed by atoms with E-state index < -0.39 is 0 Å². The highest BCUT2D eigenvalue weighted by molar-refractivity contribution is 5.03. The summed E-state index contributed by atoms with van der Waals surface area (Å²) in [5, 5.41) is 0. The highest BCUT2D eigenvalue weighted by Gasteiger charge is 2.03. The molecular formula is C10H17N3O. The van der Waals surface area contributed by atoms with Crippen molar-refractivity contribution in [1.82, 2.24) is 9.97 Å². The van der Waals surface area contributed by atoms with Gasteiger partial charge in [-0.2, -0.15) is 0 Å². The Balaban J connectivity index is 2.63. The third kappa shape index (κ3) is 3.40. The van der Waals surface area contributed by atoms with Gasteiger partial charge in [0, 0.05) is 31.5 Å². The third-order valence-corrected chi connectivity index (χ3v) is 2.03. The fourth-order valence-corrected chi connectivity index (χ4v) is 1.17. The van der Waals surface area contributed by atoms with Crippen molar-refractivity contribution in [3.8, 4) is 0 Å². The van der Waals surface area contributed by atoms with Crippen LogP contribution < -0.4 is 5.73 Å². The van der Waals surface area contributed by atoms with Crippen molar-refractivity contribution in [1.29, 1.82) is 0 Å². The highest BCUT2D eigenvalue weighted by Crippen LogP contribution is 2.01. The molecule has 0 saturated heterocycles. The van der Waals surface area contributed by atoms with Gasteiger partial charge in [-0.3, -0.25) is 0 Å². The quantitative estimate of drug-likeness (QED) is 0.758. The molecule has 0 spiro atoms. The van der Waals surface area contributed by atoms with Gasteiger partial charge in [0.1, 0.15) is 6.61 Å². The van der Waals surface area contributed by atoms with Crippen LogP contribution in [0.15, 0.2) is 12.3 Å². The molecule has 78 valence electrons. The number of aromatic nitrogens is 2. The summed E-state index contributed by atoms with van der Waals surface area (Å²) >= 11 is 0. The minimum Gasteiger partial charge on any atom is -0.377 e. The van der Waals surface area contributed by atoms with Crippen LogP contribution in [-0.2, 0) is 17.8 Å². The molecule has 14 heavy (non-hydrogen) atoms. The molecule has 0 bridgehead atoms. The Bertz CT molecular complexity index is 278. The molecule has 0 radical (unpaired) electrons. The highest BCUT2D eigenvalue weighted by atomic mass is 16.5. The van der Waals surface area contributed by atoms with Gasteiger partial charge in [-0.15, -0.1) is 0 Å². The lowest BCUT2D eigenvalue weighted by Gasteiger charge is -2.08. The van der Waals surface area contributed by atoms with Crippen molar-refractivity contribution in [3.05, 3.63) is 23.8 Å². The summed E-state index contributed by atoms with van der Waals surface area (Å²) in [6.45, 7) is 2.52. The minimum absolute atomic E-state index is 0.181. The van der Waals surface area contributed by atoms with Crippen molar-refractivity contribution in [3.63, 3.8) is 0 Å². The first-order chi connectivity index (χ1) is 6.76. The van der Waals surface area contributed by atoms with Crippen LogP contribution in [0.4, 0.5) is 0 Å². The first-order valence-corrected chi connectivity index (χ1v) is 4.81. The van der Waals surface area contributed by atoms with E-state index in [1.54, 1.807) is 13.3 Å². The molecule has 0 aromatic carbocycles. The fourth-order valence-electron chi connectivity index (χ4n) is 1.17. The minimum atomic E-state index is 0.181. The zero-order chi connectivity index (χ0) is 10.4. The third-order valence-electron chi connectivity index (χ3n) is 2.03. The van der Waals surface area contributed by atoms with E-state index in [4.69, 9.17) is 10.5 Å². The van der Waals surface area contributed by atoms with Crippen LogP contribution in [0.1, 0.15) is 24.9 Å². The van der Waals surface area contributed by atoms with Gasteiger partial charge in [-0.05, 0) is 12.5 Å². The van der Waals surface area contributed by atoms with Crippen LogP contribution in [0.25, 0.3) is 0 Å². The maximum Gasteiger partial charge on any atom is 0.154 e. The van der Waals surface area contributed by atoms with E-state index in [1.807, 2.05) is 6.07 Å². The average molecular weight is 195 g/mol. The van der Waals surface area contributed by atoms with E-state index in [2.05, 4.69) is 16.9 Å². The van der Waals surface area contributed by atoms with Gasteiger partial charge in [-0.1, -0.05) is 6.92 Å². The lowest BCUT2D eigenvalue weighted by molar-refractivity contribution is 0.177. The van der Waals surface area contributed by atoms with Gasteiger partial charge in [-0.25, -0.2) is 9.97 Å². The number of ether oxygens (including phenoxy) is 1. The molecule has 1 aromatic heterocycles. The molecule has 1 unspecified atom stereocenters.